The number of rotatable bonds is 4. The molecular formula is C12H19N3O4S. The molecule has 0 aromatic carbocycles. The van der Waals surface area contributed by atoms with Crippen molar-refractivity contribution in [3.63, 3.8) is 0 Å². The predicted octanol–water partition coefficient (Wildman–Crippen LogP) is 0.812. The number of methoxy groups -OCH3 is 1. The molecule has 112 valence electrons. The van der Waals surface area contributed by atoms with Gasteiger partial charge in [-0.1, -0.05) is 6.42 Å². The molecule has 2 unspecified atom stereocenters. The second kappa shape index (κ2) is 5.43. The van der Waals surface area contributed by atoms with Crippen LogP contribution in [0.15, 0.2) is 6.07 Å². The molecule has 1 heterocycles. The molecule has 1 N–H and O–H groups in total. The maximum Gasteiger partial charge on any atom is 0.310 e. The minimum Gasteiger partial charge on any atom is -0.469 e. The van der Waals surface area contributed by atoms with Gasteiger partial charge in [0.05, 0.1) is 24.0 Å². The van der Waals surface area contributed by atoms with Crippen molar-refractivity contribution in [2.75, 3.05) is 11.8 Å². The number of carbonyl (C=O) groups is 1. The standard InChI is InChI=1S/C12H19N3O4S/c1-8-7-11(15(2)13-8)14-20(17,18)10-6-4-5-9(10)12(16)19-3/h7,9-10,14H,4-6H2,1-3H3. The Kier molecular flexibility index (Phi) is 4.03. The highest BCUT2D eigenvalue weighted by molar-refractivity contribution is 7.93. The SMILES string of the molecule is COC(=O)C1CCCC1S(=O)(=O)Nc1cc(C)nn1C. The molecule has 7 nitrogen and oxygen atoms in total. The van der Waals surface area contributed by atoms with Crippen molar-refractivity contribution >= 4 is 21.8 Å². The van der Waals surface area contributed by atoms with Crippen molar-refractivity contribution in [2.24, 2.45) is 13.0 Å². The third-order valence-electron chi connectivity index (χ3n) is 3.60. The lowest BCUT2D eigenvalue weighted by Gasteiger charge is -2.18. The number of nitrogens with zero attached hydrogens (tertiary/aromatic N) is 2. The third kappa shape index (κ3) is 2.79. The second-order valence-electron chi connectivity index (χ2n) is 5.04. The van der Waals surface area contributed by atoms with Crippen molar-refractivity contribution in [3.8, 4) is 0 Å². The number of nitrogens with one attached hydrogen (secondary N) is 1. The Morgan fingerprint density at radius 2 is 2.20 bits per heavy atom. The molecule has 0 aliphatic heterocycles. The Balaban J connectivity index is 2.22. The molecule has 8 heteroatoms. The molecule has 2 atom stereocenters. The highest BCUT2D eigenvalue weighted by atomic mass is 32.2. The van der Waals surface area contributed by atoms with Gasteiger partial charge < -0.3 is 4.74 Å². The second-order valence-corrected chi connectivity index (χ2v) is 6.94. The quantitative estimate of drug-likeness (QED) is 0.831. The van der Waals surface area contributed by atoms with Gasteiger partial charge >= 0.3 is 5.97 Å². The van der Waals surface area contributed by atoms with E-state index in [4.69, 9.17) is 0 Å². The topological polar surface area (TPSA) is 90.3 Å². The fourth-order valence-corrected chi connectivity index (χ4v) is 4.44. The number of esters is 1. The number of hydrogen-bond donors (Lipinski definition) is 1. The van der Waals surface area contributed by atoms with Gasteiger partial charge in [-0.2, -0.15) is 5.10 Å². The number of aryl methyl sites for hydroxylation is 2. The Morgan fingerprint density at radius 1 is 1.50 bits per heavy atom. The van der Waals surface area contributed by atoms with Crippen molar-refractivity contribution < 1.29 is 17.9 Å². The van der Waals surface area contributed by atoms with Crippen LogP contribution >= 0.6 is 0 Å². The van der Waals surface area contributed by atoms with E-state index in [1.807, 2.05) is 0 Å². The lowest BCUT2D eigenvalue weighted by molar-refractivity contribution is -0.145. The Hall–Kier alpha value is -1.57. The molecule has 2 rings (SSSR count). The Bertz CT molecular complexity index is 608. The summed E-state index contributed by atoms with van der Waals surface area (Å²) in [4.78, 5) is 11.7. The van der Waals surface area contributed by atoms with E-state index in [1.165, 1.54) is 11.8 Å². The number of anilines is 1. The van der Waals surface area contributed by atoms with Gasteiger partial charge in [-0.25, -0.2) is 8.42 Å². The molecule has 1 aliphatic carbocycles. The van der Waals surface area contributed by atoms with E-state index in [9.17, 15) is 13.2 Å². The molecular weight excluding hydrogens is 282 g/mol. The Labute approximate surface area is 118 Å². The predicted molar refractivity (Wildman–Crippen MR) is 73.6 cm³/mol. The van der Waals surface area contributed by atoms with Gasteiger partial charge in [0.25, 0.3) is 0 Å². The fraction of sp³-hybridized carbons (Fsp3) is 0.667. The van der Waals surface area contributed by atoms with Gasteiger partial charge in [0, 0.05) is 13.1 Å². The average molecular weight is 301 g/mol. The number of carbonyl (C=O) groups excluding carboxylic acids is 1. The monoisotopic (exact) mass is 301 g/mol. The normalized spacial score (nSPS) is 22.8. The maximum atomic E-state index is 12.4. The van der Waals surface area contributed by atoms with Crippen LogP contribution in [0, 0.1) is 12.8 Å². The van der Waals surface area contributed by atoms with Crippen molar-refractivity contribution in [2.45, 2.75) is 31.4 Å². The summed E-state index contributed by atoms with van der Waals surface area (Å²) in [7, 11) is -0.694. The van der Waals surface area contributed by atoms with Crippen LogP contribution in [0.5, 0.6) is 0 Å². The first-order chi connectivity index (χ1) is 9.35. The van der Waals surface area contributed by atoms with Crippen LogP contribution < -0.4 is 4.72 Å². The summed E-state index contributed by atoms with van der Waals surface area (Å²) in [5.41, 5.74) is 0.723. The fourth-order valence-electron chi connectivity index (χ4n) is 2.65. The number of aromatic nitrogens is 2. The van der Waals surface area contributed by atoms with E-state index < -0.39 is 27.2 Å². The summed E-state index contributed by atoms with van der Waals surface area (Å²) in [6.07, 6.45) is 1.71. The molecule has 1 aromatic rings. The van der Waals surface area contributed by atoms with E-state index in [1.54, 1.807) is 20.0 Å². The Morgan fingerprint density at radius 3 is 2.75 bits per heavy atom. The molecule has 0 bridgehead atoms. The van der Waals surface area contributed by atoms with Gasteiger partial charge in [-0.3, -0.25) is 14.2 Å². The minimum absolute atomic E-state index is 0.401. The highest BCUT2D eigenvalue weighted by Gasteiger charge is 2.42. The smallest absolute Gasteiger partial charge is 0.310 e. The summed E-state index contributed by atoms with van der Waals surface area (Å²) >= 11 is 0. The van der Waals surface area contributed by atoms with E-state index in [0.717, 1.165) is 5.69 Å². The van der Waals surface area contributed by atoms with E-state index in [2.05, 4.69) is 14.6 Å². The number of hydrogen-bond acceptors (Lipinski definition) is 5. The first-order valence-electron chi connectivity index (χ1n) is 6.45. The van der Waals surface area contributed by atoms with Crippen molar-refractivity contribution in [1.82, 2.24) is 9.78 Å². The highest BCUT2D eigenvalue weighted by Crippen LogP contribution is 2.32. The van der Waals surface area contributed by atoms with Gasteiger partial charge in [0.15, 0.2) is 0 Å². The summed E-state index contributed by atoms with van der Waals surface area (Å²) in [5.74, 6) is -0.649. The van der Waals surface area contributed by atoms with Crippen LogP contribution in [0.25, 0.3) is 0 Å². The van der Waals surface area contributed by atoms with Crippen LogP contribution in [0.1, 0.15) is 25.0 Å². The summed E-state index contributed by atoms with van der Waals surface area (Å²) in [6, 6.07) is 1.65. The zero-order valence-corrected chi connectivity index (χ0v) is 12.6. The molecule has 1 aromatic heterocycles. The molecule has 0 saturated heterocycles. The van der Waals surface area contributed by atoms with Crippen LogP contribution in [-0.4, -0.2) is 36.5 Å². The lowest BCUT2D eigenvalue weighted by Crippen LogP contribution is -2.35. The number of ether oxygens (including phenoxy) is 1. The summed E-state index contributed by atoms with van der Waals surface area (Å²) in [6.45, 7) is 1.78. The lowest BCUT2D eigenvalue weighted by atomic mass is 10.1. The molecule has 1 saturated carbocycles. The van der Waals surface area contributed by atoms with E-state index in [-0.39, 0.29) is 0 Å². The first kappa shape index (κ1) is 14.8. The molecule has 0 radical (unpaired) electrons. The summed E-state index contributed by atoms with van der Waals surface area (Å²) < 4.78 is 33.5. The van der Waals surface area contributed by atoms with Gasteiger partial charge in [0.2, 0.25) is 10.0 Å². The maximum absolute atomic E-state index is 12.4. The van der Waals surface area contributed by atoms with Crippen molar-refractivity contribution in [3.05, 3.63) is 11.8 Å². The minimum atomic E-state index is -3.64. The molecule has 1 fully saturated rings. The molecule has 20 heavy (non-hydrogen) atoms. The average Bonchev–Trinajstić information content (AvgIpc) is 2.96. The molecule has 0 amide bonds. The summed E-state index contributed by atoms with van der Waals surface area (Å²) in [5, 5.41) is 3.35. The van der Waals surface area contributed by atoms with Crippen molar-refractivity contribution in [1.29, 1.82) is 0 Å². The third-order valence-corrected chi connectivity index (χ3v) is 5.46. The molecule has 1 aliphatic rings. The van der Waals surface area contributed by atoms with E-state index in [0.29, 0.717) is 25.1 Å². The van der Waals surface area contributed by atoms with Gasteiger partial charge in [0.1, 0.15) is 5.82 Å². The molecule has 0 spiro atoms. The van der Waals surface area contributed by atoms with Gasteiger partial charge in [-0.05, 0) is 19.8 Å². The van der Waals surface area contributed by atoms with Crippen LogP contribution in [0.4, 0.5) is 5.82 Å². The van der Waals surface area contributed by atoms with Crippen LogP contribution in [-0.2, 0) is 26.6 Å². The van der Waals surface area contributed by atoms with Crippen LogP contribution in [0.3, 0.4) is 0 Å². The zero-order valence-electron chi connectivity index (χ0n) is 11.8. The number of sulfonamides is 1. The van der Waals surface area contributed by atoms with E-state index >= 15 is 0 Å². The largest absolute Gasteiger partial charge is 0.469 e. The zero-order chi connectivity index (χ0) is 14.9. The van der Waals surface area contributed by atoms with Crippen LogP contribution in [0.2, 0.25) is 0 Å². The first-order valence-corrected chi connectivity index (χ1v) is 8.00. The van der Waals surface area contributed by atoms with Gasteiger partial charge in [-0.15, -0.1) is 0 Å².